The average molecular weight is 542 g/mol. The van der Waals surface area contributed by atoms with Gasteiger partial charge in [-0.15, -0.1) is 0 Å². The van der Waals surface area contributed by atoms with Crippen LogP contribution >= 0.6 is 0 Å². The Balaban J connectivity index is 1.38. The summed E-state index contributed by atoms with van der Waals surface area (Å²) in [5, 5.41) is 3.03. The number of aryl methyl sites for hydroxylation is 1. The van der Waals surface area contributed by atoms with Crippen LogP contribution in [0, 0.1) is 6.92 Å². The third kappa shape index (κ3) is 6.09. The fraction of sp³-hybridized carbons (Fsp3) is 0.212. The molecule has 0 aliphatic carbocycles. The summed E-state index contributed by atoms with van der Waals surface area (Å²) < 4.78 is 42.6. The number of fused-ring (bicyclic) bond motifs is 1. The molecule has 5 rings (SSSR count). The topological polar surface area (TPSA) is 46.4 Å². The zero-order valence-corrected chi connectivity index (χ0v) is 22.1. The van der Waals surface area contributed by atoms with Gasteiger partial charge in [-0.25, -0.2) is 4.98 Å². The van der Waals surface area contributed by atoms with Crippen LogP contribution in [0.2, 0.25) is 0 Å². The van der Waals surface area contributed by atoms with Gasteiger partial charge in [-0.3, -0.25) is 4.79 Å². The molecule has 40 heavy (non-hydrogen) atoms. The zero-order valence-electron chi connectivity index (χ0n) is 22.1. The molecule has 0 spiro atoms. The molecule has 1 atom stereocenters. The van der Waals surface area contributed by atoms with Crippen molar-refractivity contribution in [2.24, 2.45) is 0 Å². The van der Waals surface area contributed by atoms with E-state index in [9.17, 15) is 18.0 Å². The van der Waals surface area contributed by atoms with Crippen molar-refractivity contribution in [1.82, 2.24) is 14.7 Å². The molecule has 0 saturated carbocycles. The first-order chi connectivity index (χ1) is 19.3. The van der Waals surface area contributed by atoms with Crippen LogP contribution in [0.1, 0.15) is 58.2 Å². The smallest absolute Gasteiger partial charge is 0.356 e. The lowest BCUT2D eigenvalue weighted by molar-refractivity contribution is -0.137. The highest BCUT2D eigenvalue weighted by Gasteiger charge is 2.32. The second-order valence-corrected chi connectivity index (χ2v) is 9.96. The number of carbonyl (C=O) groups is 1. The fourth-order valence-electron chi connectivity index (χ4n) is 5.26. The van der Waals surface area contributed by atoms with Crippen molar-refractivity contribution in [3.63, 3.8) is 0 Å². The van der Waals surface area contributed by atoms with Crippen LogP contribution in [0.3, 0.4) is 0 Å². The number of hydrogen-bond acceptors (Lipinski definition) is 2. The Labute approximate surface area is 231 Å². The second-order valence-electron chi connectivity index (χ2n) is 9.96. The molecule has 3 aromatic carbocycles. The van der Waals surface area contributed by atoms with Crippen LogP contribution in [-0.4, -0.2) is 21.8 Å². The molecule has 1 amide bonds. The summed E-state index contributed by atoms with van der Waals surface area (Å²) in [7, 11) is 0. The van der Waals surface area contributed by atoms with E-state index in [0.29, 0.717) is 29.9 Å². The maximum atomic E-state index is 13.6. The Morgan fingerprint density at radius 3 is 2.15 bits per heavy atom. The molecular weight excluding hydrogens is 511 g/mol. The normalized spacial score (nSPS) is 12.5. The first kappa shape index (κ1) is 27.2. The Bertz CT molecular complexity index is 1540. The van der Waals surface area contributed by atoms with Crippen LogP contribution in [0.4, 0.5) is 13.2 Å². The van der Waals surface area contributed by atoms with Crippen molar-refractivity contribution < 1.29 is 18.0 Å². The number of halogens is 3. The molecule has 4 nitrogen and oxygen atoms in total. The van der Waals surface area contributed by atoms with Crippen LogP contribution in [0.25, 0.3) is 5.65 Å². The summed E-state index contributed by atoms with van der Waals surface area (Å²) in [6, 6.07) is 29.3. The lowest BCUT2D eigenvalue weighted by atomic mass is 9.88. The summed E-state index contributed by atoms with van der Waals surface area (Å²) in [4.78, 5) is 17.8. The molecule has 7 heteroatoms. The number of nitrogens with one attached hydrogen (secondary N) is 1. The molecule has 0 bridgehead atoms. The van der Waals surface area contributed by atoms with E-state index in [-0.39, 0.29) is 18.2 Å². The molecule has 0 radical (unpaired) electrons. The number of benzene rings is 3. The predicted octanol–water partition coefficient (Wildman–Crippen LogP) is 7.52. The maximum absolute atomic E-state index is 13.6. The molecule has 0 saturated heterocycles. The van der Waals surface area contributed by atoms with Gasteiger partial charge >= 0.3 is 6.18 Å². The van der Waals surface area contributed by atoms with E-state index in [0.717, 1.165) is 28.8 Å². The van der Waals surface area contributed by atoms with Gasteiger partial charge in [0.05, 0.1) is 11.3 Å². The summed E-state index contributed by atoms with van der Waals surface area (Å²) in [6.07, 6.45) is -0.329. The van der Waals surface area contributed by atoms with Crippen molar-refractivity contribution in [1.29, 1.82) is 0 Å². The van der Waals surface area contributed by atoms with E-state index in [2.05, 4.69) is 34.6 Å². The third-order valence-electron chi connectivity index (χ3n) is 7.28. The highest BCUT2D eigenvalue weighted by atomic mass is 19.4. The molecule has 1 unspecified atom stereocenters. The van der Waals surface area contributed by atoms with Gasteiger partial charge in [-0.2, -0.15) is 13.2 Å². The molecule has 0 fully saturated rings. The van der Waals surface area contributed by atoms with Crippen LogP contribution in [0.15, 0.2) is 109 Å². The van der Waals surface area contributed by atoms with E-state index in [1.807, 2.05) is 66.1 Å². The highest BCUT2D eigenvalue weighted by Crippen LogP contribution is 2.35. The minimum absolute atomic E-state index is 0.00954. The quantitative estimate of drug-likeness (QED) is 0.210. The first-order valence-electron chi connectivity index (χ1n) is 13.3. The van der Waals surface area contributed by atoms with Gasteiger partial charge in [0.2, 0.25) is 5.91 Å². The molecule has 0 aliphatic rings. The standard InChI is InChI=1S/C33H30F3N3O/c1-23-10-9-19-39-30(22-38-32(23)39)29(26-15-8-16-27(20-26)33(34,35)36)21-31(40)37-18-17-28(24-11-4-2-5-12-24)25-13-6-3-7-14-25/h2-16,19-20,22,28-29H,17-18,21H2,1H3,(H,37,40). The number of aromatic nitrogens is 2. The number of pyridine rings is 1. The summed E-state index contributed by atoms with van der Waals surface area (Å²) in [6.45, 7) is 2.35. The Morgan fingerprint density at radius 2 is 1.50 bits per heavy atom. The van der Waals surface area contributed by atoms with Gasteiger partial charge in [0.25, 0.3) is 0 Å². The van der Waals surface area contributed by atoms with E-state index in [4.69, 9.17) is 0 Å². The largest absolute Gasteiger partial charge is 0.416 e. The molecule has 2 aromatic heterocycles. The Hall–Kier alpha value is -4.39. The van der Waals surface area contributed by atoms with Crippen molar-refractivity contribution in [2.75, 3.05) is 6.54 Å². The summed E-state index contributed by atoms with van der Waals surface area (Å²) in [5.74, 6) is -0.744. The number of hydrogen-bond donors (Lipinski definition) is 1. The van der Waals surface area contributed by atoms with Crippen molar-refractivity contribution in [3.05, 3.63) is 143 Å². The third-order valence-corrected chi connectivity index (χ3v) is 7.28. The summed E-state index contributed by atoms with van der Waals surface area (Å²) >= 11 is 0. The number of rotatable bonds is 9. The summed E-state index contributed by atoms with van der Waals surface area (Å²) in [5.41, 5.74) is 4.31. The lowest BCUT2D eigenvalue weighted by Crippen LogP contribution is -2.28. The SMILES string of the molecule is Cc1cccn2c(C(CC(=O)NCCC(c3ccccc3)c3ccccc3)c3cccc(C(F)(F)F)c3)cnc12. The fourth-order valence-corrected chi connectivity index (χ4v) is 5.26. The van der Waals surface area contributed by atoms with Gasteiger partial charge in [-0.1, -0.05) is 84.9 Å². The maximum Gasteiger partial charge on any atom is 0.416 e. The van der Waals surface area contributed by atoms with E-state index >= 15 is 0 Å². The lowest BCUT2D eigenvalue weighted by Gasteiger charge is -2.21. The zero-order chi connectivity index (χ0) is 28.1. The number of alkyl halides is 3. The predicted molar refractivity (Wildman–Crippen MR) is 150 cm³/mol. The van der Waals surface area contributed by atoms with Crippen molar-refractivity contribution >= 4 is 11.6 Å². The molecule has 1 N–H and O–H groups in total. The van der Waals surface area contributed by atoms with E-state index < -0.39 is 17.7 Å². The van der Waals surface area contributed by atoms with E-state index in [1.165, 1.54) is 6.07 Å². The average Bonchev–Trinajstić information content (AvgIpc) is 3.40. The number of imidazole rings is 1. The first-order valence-corrected chi connectivity index (χ1v) is 13.3. The number of carbonyl (C=O) groups excluding carboxylic acids is 1. The number of nitrogens with zero attached hydrogens (tertiary/aromatic N) is 2. The molecular formula is C33H30F3N3O. The van der Waals surface area contributed by atoms with Gasteiger partial charge in [0.1, 0.15) is 5.65 Å². The minimum atomic E-state index is -4.48. The van der Waals surface area contributed by atoms with E-state index in [1.54, 1.807) is 12.3 Å². The van der Waals surface area contributed by atoms with Gasteiger partial charge in [0.15, 0.2) is 0 Å². The molecule has 204 valence electrons. The van der Waals surface area contributed by atoms with Gasteiger partial charge in [0, 0.05) is 37.2 Å². The minimum Gasteiger partial charge on any atom is -0.356 e. The van der Waals surface area contributed by atoms with Crippen LogP contribution < -0.4 is 5.32 Å². The Morgan fingerprint density at radius 1 is 0.850 bits per heavy atom. The molecule has 2 heterocycles. The highest BCUT2D eigenvalue weighted by molar-refractivity contribution is 5.77. The molecule has 0 aliphatic heterocycles. The van der Waals surface area contributed by atoms with Crippen LogP contribution in [-0.2, 0) is 11.0 Å². The second kappa shape index (κ2) is 11.8. The van der Waals surface area contributed by atoms with Crippen molar-refractivity contribution in [3.8, 4) is 0 Å². The van der Waals surface area contributed by atoms with Gasteiger partial charge in [-0.05, 0) is 47.7 Å². The van der Waals surface area contributed by atoms with Crippen LogP contribution in [0.5, 0.6) is 0 Å². The Kier molecular flexibility index (Phi) is 8.01. The monoisotopic (exact) mass is 541 g/mol. The number of amides is 1. The molecule has 5 aromatic rings. The van der Waals surface area contributed by atoms with Crippen molar-refractivity contribution in [2.45, 2.75) is 37.8 Å². The van der Waals surface area contributed by atoms with Gasteiger partial charge < -0.3 is 9.72 Å².